The summed E-state index contributed by atoms with van der Waals surface area (Å²) in [7, 11) is 1.30. The molecule has 1 aromatic rings. The maximum Gasteiger partial charge on any atom is 0.411 e. The van der Waals surface area contributed by atoms with E-state index < -0.39 is 6.09 Å². The highest BCUT2D eigenvalue weighted by Gasteiger charge is 2.27. The smallest absolute Gasteiger partial charge is 0.411 e. The summed E-state index contributed by atoms with van der Waals surface area (Å²) in [6.07, 6.45) is 7.27. The van der Waals surface area contributed by atoms with Crippen LogP contribution in [0.15, 0.2) is 54.8 Å². The molecule has 0 radical (unpaired) electrons. The summed E-state index contributed by atoms with van der Waals surface area (Å²) in [5, 5.41) is 20.5. The summed E-state index contributed by atoms with van der Waals surface area (Å²) < 4.78 is 4.55. The SMILES string of the molecule is C=C(/C=C\CN(C(=N)Cc1ccccc1)[C@@H]1CCC[C@H](C#N)C1)NC(=O)OC. The van der Waals surface area contributed by atoms with E-state index in [0.717, 1.165) is 31.2 Å². The number of nitrogens with one attached hydrogen (secondary N) is 2. The molecule has 1 amide bonds. The van der Waals surface area contributed by atoms with E-state index in [0.29, 0.717) is 24.5 Å². The number of allylic oxidation sites excluding steroid dienone is 1. The van der Waals surface area contributed by atoms with Gasteiger partial charge in [-0.05, 0) is 30.9 Å². The van der Waals surface area contributed by atoms with Crippen LogP contribution >= 0.6 is 0 Å². The van der Waals surface area contributed by atoms with Gasteiger partial charge < -0.3 is 9.64 Å². The van der Waals surface area contributed by atoms with Crippen molar-refractivity contribution < 1.29 is 9.53 Å². The molecule has 28 heavy (non-hydrogen) atoms. The molecule has 1 aromatic carbocycles. The van der Waals surface area contributed by atoms with Crippen LogP contribution in [-0.4, -0.2) is 36.5 Å². The number of rotatable bonds is 7. The molecule has 0 bridgehead atoms. The van der Waals surface area contributed by atoms with Crippen LogP contribution in [0.4, 0.5) is 4.79 Å². The molecule has 0 spiro atoms. The summed E-state index contributed by atoms with van der Waals surface area (Å²) in [5.41, 5.74) is 1.52. The largest absolute Gasteiger partial charge is 0.453 e. The van der Waals surface area contributed by atoms with Crippen molar-refractivity contribution in [3.8, 4) is 6.07 Å². The Hall–Kier alpha value is -3.07. The van der Waals surface area contributed by atoms with Crippen molar-refractivity contribution in [2.45, 2.75) is 38.1 Å². The lowest BCUT2D eigenvalue weighted by molar-refractivity contribution is 0.174. The number of carbonyl (C=O) groups is 1. The Kier molecular flexibility index (Phi) is 8.29. The Bertz CT molecular complexity index is 752. The molecule has 1 saturated carbocycles. The fourth-order valence-electron chi connectivity index (χ4n) is 3.47. The molecule has 1 aliphatic rings. The van der Waals surface area contributed by atoms with Crippen LogP contribution in [0.3, 0.4) is 0 Å². The fraction of sp³-hybridized carbons (Fsp3) is 0.409. The fourth-order valence-corrected chi connectivity index (χ4v) is 3.47. The summed E-state index contributed by atoms with van der Waals surface area (Å²) >= 11 is 0. The molecular weight excluding hydrogens is 352 g/mol. The van der Waals surface area contributed by atoms with Gasteiger partial charge in [0.05, 0.1) is 13.2 Å². The maximum atomic E-state index is 11.2. The monoisotopic (exact) mass is 380 g/mol. The zero-order valence-electron chi connectivity index (χ0n) is 16.4. The van der Waals surface area contributed by atoms with E-state index in [1.165, 1.54) is 7.11 Å². The molecule has 148 valence electrons. The Morgan fingerprint density at radius 2 is 2.18 bits per heavy atom. The summed E-state index contributed by atoms with van der Waals surface area (Å²) in [6.45, 7) is 4.30. The highest BCUT2D eigenvalue weighted by molar-refractivity contribution is 5.82. The molecule has 0 unspecified atom stereocenters. The van der Waals surface area contributed by atoms with Crippen LogP contribution in [0, 0.1) is 22.7 Å². The van der Waals surface area contributed by atoms with Crippen LogP contribution < -0.4 is 5.32 Å². The summed E-state index contributed by atoms with van der Waals surface area (Å²) in [5.74, 6) is 0.580. The molecule has 6 nitrogen and oxygen atoms in total. The lowest BCUT2D eigenvalue weighted by Gasteiger charge is -2.37. The van der Waals surface area contributed by atoms with Gasteiger partial charge in [0.15, 0.2) is 0 Å². The third-order valence-electron chi connectivity index (χ3n) is 4.90. The third kappa shape index (κ3) is 6.58. The highest BCUT2D eigenvalue weighted by atomic mass is 16.5. The molecule has 0 aromatic heterocycles. The molecule has 6 heteroatoms. The van der Waals surface area contributed by atoms with E-state index >= 15 is 0 Å². The minimum atomic E-state index is -0.563. The van der Waals surface area contributed by atoms with Crippen LogP contribution in [0.5, 0.6) is 0 Å². The lowest BCUT2D eigenvalue weighted by Crippen LogP contribution is -2.43. The normalized spacial score (nSPS) is 18.9. The van der Waals surface area contributed by atoms with E-state index in [-0.39, 0.29) is 12.0 Å². The molecular formula is C22H28N4O2. The van der Waals surface area contributed by atoms with Crippen LogP contribution in [0.1, 0.15) is 31.2 Å². The molecule has 0 heterocycles. The zero-order chi connectivity index (χ0) is 20.4. The van der Waals surface area contributed by atoms with E-state index in [9.17, 15) is 10.1 Å². The Balaban J connectivity index is 2.07. The number of nitrogens with zero attached hydrogens (tertiary/aromatic N) is 2. The predicted octanol–water partition coefficient (Wildman–Crippen LogP) is 4.02. The number of methoxy groups -OCH3 is 1. The molecule has 2 N–H and O–H groups in total. The lowest BCUT2D eigenvalue weighted by atomic mass is 9.85. The standard InChI is InChI=1S/C22H28N4O2/c1-17(25-22(27)28-2)8-7-13-26(20-12-6-11-19(14-20)16-23)21(24)15-18-9-4-3-5-10-18/h3-5,7-10,19-20,24H,1,6,11-15H2,2H3,(H,25,27)/b8-7-,24-21?/t19-,20+/m0/s1. The second-order valence-electron chi connectivity index (χ2n) is 6.95. The quantitative estimate of drug-likeness (QED) is 0.425. The average molecular weight is 380 g/mol. The van der Waals surface area contributed by atoms with Crippen molar-refractivity contribution in [2.24, 2.45) is 5.92 Å². The number of nitriles is 1. The Morgan fingerprint density at radius 1 is 1.43 bits per heavy atom. The van der Waals surface area contributed by atoms with Crippen molar-refractivity contribution in [3.63, 3.8) is 0 Å². The molecule has 0 aliphatic heterocycles. The van der Waals surface area contributed by atoms with Gasteiger partial charge in [0.1, 0.15) is 5.84 Å². The minimum absolute atomic E-state index is 0.0470. The summed E-state index contributed by atoms with van der Waals surface area (Å²) in [4.78, 5) is 13.3. The number of carbonyl (C=O) groups excluding carboxylic acids is 1. The number of hydrogen-bond acceptors (Lipinski definition) is 4. The highest BCUT2D eigenvalue weighted by Crippen LogP contribution is 2.28. The first-order valence-corrected chi connectivity index (χ1v) is 9.51. The zero-order valence-corrected chi connectivity index (χ0v) is 16.4. The van der Waals surface area contributed by atoms with Gasteiger partial charge in [-0.25, -0.2) is 4.79 Å². The number of hydrogen-bond donors (Lipinski definition) is 2. The number of alkyl carbamates (subject to hydrolysis) is 1. The van der Waals surface area contributed by atoms with E-state index in [2.05, 4.69) is 27.6 Å². The first-order valence-electron chi connectivity index (χ1n) is 9.51. The Labute approximate surface area is 167 Å². The third-order valence-corrected chi connectivity index (χ3v) is 4.90. The number of amidine groups is 1. The molecule has 1 fully saturated rings. The van der Waals surface area contributed by atoms with Gasteiger partial charge in [-0.15, -0.1) is 0 Å². The van der Waals surface area contributed by atoms with Gasteiger partial charge in [-0.3, -0.25) is 10.7 Å². The van der Waals surface area contributed by atoms with Crippen LogP contribution in [0.25, 0.3) is 0 Å². The maximum absolute atomic E-state index is 11.2. The minimum Gasteiger partial charge on any atom is -0.453 e. The van der Waals surface area contributed by atoms with Crippen molar-refractivity contribution in [1.82, 2.24) is 10.2 Å². The molecule has 2 atom stereocenters. The van der Waals surface area contributed by atoms with E-state index in [1.807, 2.05) is 36.4 Å². The first-order chi connectivity index (χ1) is 13.5. The van der Waals surface area contributed by atoms with Crippen LogP contribution in [-0.2, 0) is 11.2 Å². The molecule has 2 rings (SSSR count). The van der Waals surface area contributed by atoms with Gasteiger partial charge in [-0.2, -0.15) is 5.26 Å². The number of ether oxygens (including phenoxy) is 1. The van der Waals surface area contributed by atoms with Crippen molar-refractivity contribution in [2.75, 3.05) is 13.7 Å². The van der Waals surface area contributed by atoms with E-state index in [1.54, 1.807) is 6.08 Å². The van der Waals surface area contributed by atoms with Gasteiger partial charge in [0.25, 0.3) is 0 Å². The number of benzene rings is 1. The van der Waals surface area contributed by atoms with Gasteiger partial charge in [0, 0.05) is 30.6 Å². The second kappa shape index (κ2) is 10.9. The predicted molar refractivity (Wildman–Crippen MR) is 110 cm³/mol. The van der Waals surface area contributed by atoms with Gasteiger partial charge >= 0.3 is 6.09 Å². The average Bonchev–Trinajstić information content (AvgIpc) is 2.71. The van der Waals surface area contributed by atoms with Crippen molar-refractivity contribution in [3.05, 3.63) is 60.3 Å². The van der Waals surface area contributed by atoms with E-state index in [4.69, 9.17) is 5.41 Å². The summed E-state index contributed by atoms with van der Waals surface area (Å²) in [6, 6.07) is 12.5. The first kappa shape index (κ1) is 21.2. The number of amides is 1. The Morgan fingerprint density at radius 3 is 2.86 bits per heavy atom. The topological polar surface area (TPSA) is 89.2 Å². The van der Waals surface area contributed by atoms with Crippen LogP contribution in [0.2, 0.25) is 0 Å². The second-order valence-corrected chi connectivity index (χ2v) is 6.95. The molecule has 0 saturated heterocycles. The molecule has 1 aliphatic carbocycles. The van der Waals surface area contributed by atoms with Crippen molar-refractivity contribution >= 4 is 11.9 Å². The van der Waals surface area contributed by atoms with Gasteiger partial charge in [0.2, 0.25) is 0 Å². The van der Waals surface area contributed by atoms with Crippen molar-refractivity contribution in [1.29, 1.82) is 10.7 Å². The van der Waals surface area contributed by atoms with Gasteiger partial charge in [-0.1, -0.05) is 49.4 Å².